The fourth-order valence-corrected chi connectivity index (χ4v) is 2.52. The van der Waals surface area contributed by atoms with E-state index in [2.05, 4.69) is 0 Å². The van der Waals surface area contributed by atoms with E-state index >= 15 is 0 Å². The van der Waals surface area contributed by atoms with Crippen LogP contribution in [0, 0.1) is 11.3 Å². The van der Waals surface area contributed by atoms with Gasteiger partial charge in [-0.1, -0.05) is 6.42 Å². The summed E-state index contributed by atoms with van der Waals surface area (Å²) in [5, 5.41) is 0. The van der Waals surface area contributed by atoms with Gasteiger partial charge in [0.1, 0.15) is 0 Å². The van der Waals surface area contributed by atoms with Crippen molar-refractivity contribution in [1.82, 2.24) is 0 Å². The summed E-state index contributed by atoms with van der Waals surface area (Å²) in [5.41, 5.74) is 4.76. The topological polar surface area (TPSA) is 26.0 Å². The third-order valence-electron chi connectivity index (χ3n) is 3.54. The van der Waals surface area contributed by atoms with Crippen LogP contribution in [0.4, 0.5) is 8.78 Å². The standard InChI is InChI=1S/C8H13F2N.ClH/c9-8(10)4-6(5-11)7(8)2-1-3-7;/h6H,1-5,11H2;1H. The van der Waals surface area contributed by atoms with Gasteiger partial charge in [-0.2, -0.15) is 0 Å². The third kappa shape index (κ3) is 0.925. The molecule has 0 heterocycles. The van der Waals surface area contributed by atoms with Gasteiger partial charge in [-0.15, -0.1) is 12.4 Å². The largest absolute Gasteiger partial charge is 0.330 e. The van der Waals surface area contributed by atoms with Gasteiger partial charge in [-0.3, -0.25) is 0 Å². The molecule has 0 saturated heterocycles. The lowest BCUT2D eigenvalue weighted by atomic mass is 9.47. The molecule has 1 nitrogen and oxygen atoms in total. The van der Waals surface area contributed by atoms with Crippen LogP contribution < -0.4 is 5.73 Å². The van der Waals surface area contributed by atoms with Crippen LogP contribution >= 0.6 is 12.4 Å². The maximum atomic E-state index is 13.0. The molecule has 1 spiro atoms. The Bertz CT molecular complexity index is 180. The summed E-state index contributed by atoms with van der Waals surface area (Å²) in [4.78, 5) is 0. The highest BCUT2D eigenvalue weighted by molar-refractivity contribution is 5.85. The van der Waals surface area contributed by atoms with E-state index in [1.807, 2.05) is 0 Å². The average Bonchev–Trinajstić information content (AvgIpc) is 1.79. The van der Waals surface area contributed by atoms with Crippen LogP contribution in [-0.4, -0.2) is 12.5 Å². The summed E-state index contributed by atoms with van der Waals surface area (Å²) in [6, 6.07) is 0. The molecule has 0 aromatic rings. The van der Waals surface area contributed by atoms with Crippen LogP contribution in [0.25, 0.3) is 0 Å². The predicted octanol–water partition coefficient (Wildman–Crippen LogP) is 2.19. The van der Waals surface area contributed by atoms with Crippen LogP contribution in [0.2, 0.25) is 0 Å². The molecule has 0 aromatic carbocycles. The molecule has 72 valence electrons. The molecule has 12 heavy (non-hydrogen) atoms. The summed E-state index contributed by atoms with van der Waals surface area (Å²) in [6.45, 7) is 0.440. The second kappa shape index (κ2) is 2.81. The molecule has 4 heteroatoms. The fraction of sp³-hybridized carbons (Fsp3) is 1.00. The normalized spacial score (nSPS) is 34.8. The Morgan fingerprint density at radius 1 is 1.33 bits per heavy atom. The highest BCUT2D eigenvalue weighted by Gasteiger charge is 2.69. The van der Waals surface area contributed by atoms with E-state index in [-0.39, 0.29) is 24.7 Å². The maximum absolute atomic E-state index is 13.0. The lowest BCUT2D eigenvalue weighted by molar-refractivity contribution is -0.275. The highest BCUT2D eigenvalue weighted by Crippen LogP contribution is 2.67. The Labute approximate surface area is 77.1 Å². The molecule has 2 rings (SSSR count). The number of rotatable bonds is 1. The van der Waals surface area contributed by atoms with Crippen LogP contribution in [0.15, 0.2) is 0 Å². The monoisotopic (exact) mass is 197 g/mol. The molecular weight excluding hydrogens is 184 g/mol. The minimum absolute atomic E-state index is 0. The highest BCUT2D eigenvalue weighted by atomic mass is 35.5. The molecule has 0 amide bonds. The third-order valence-corrected chi connectivity index (χ3v) is 3.54. The molecule has 2 aliphatic rings. The molecule has 1 unspecified atom stereocenters. The quantitative estimate of drug-likeness (QED) is 0.685. The van der Waals surface area contributed by atoms with Crippen molar-refractivity contribution in [3.8, 4) is 0 Å². The van der Waals surface area contributed by atoms with Crippen LogP contribution in [0.5, 0.6) is 0 Å². The number of nitrogens with two attached hydrogens (primary N) is 1. The molecule has 0 radical (unpaired) electrons. The average molecular weight is 198 g/mol. The van der Waals surface area contributed by atoms with Gasteiger partial charge in [0.25, 0.3) is 5.92 Å². The van der Waals surface area contributed by atoms with Crippen LogP contribution in [0.1, 0.15) is 25.7 Å². The maximum Gasteiger partial charge on any atom is 0.254 e. The molecule has 2 saturated carbocycles. The Morgan fingerprint density at radius 3 is 2.08 bits per heavy atom. The number of hydrogen-bond donors (Lipinski definition) is 1. The van der Waals surface area contributed by atoms with Crippen molar-refractivity contribution in [2.75, 3.05) is 6.54 Å². The number of hydrogen-bond acceptors (Lipinski definition) is 1. The molecule has 1 atom stereocenters. The summed E-state index contributed by atoms with van der Waals surface area (Å²) in [7, 11) is 0. The Kier molecular flexibility index (Phi) is 2.39. The summed E-state index contributed by atoms with van der Waals surface area (Å²) < 4.78 is 26.0. The van der Waals surface area contributed by atoms with Gasteiger partial charge in [0.15, 0.2) is 0 Å². The van der Waals surface area contributed by atoms with Crippen molar-refractivity contribution >= 4 is 12.4 Å². The molecular formula is C8H14ClF2N. The fourth-order valence-electron chi connectivity index (χ4n) is 2.52. The van der Waals surface area contributed by atoms with Crippen molar-refractivity contribution in [2.24, 2.45) is 17.1 Å². The zero-order valence-electron chi connectivity index (χ0n) is 6.85. The first-order chi connectivity index (χ1) is 5.12. The molecule has 2 aliphatic carbocycles. The zero-order chi connectivity index (χ0) is 8.11. The summed E-state index contributed by atoms with van der Waals surface area (Å²) in [5.74, 6) is -2.29. The predicted molar refractivity (Wildman–Crippen MR) is 45.6 cm³/mol. The summed E-state index contributed by atoms with van der Waals surface area (Å²) in [6.07, 6.45) is 2.39. The first-order valence-corrected chi connectivity index (χ1v) is 4.20. The molecule has 0 bridgehead atoms. The van der Waals surface area contributed by atoms with Crippen molar-refractivity contribution in [3.63, 3.8) is 0 Å². The van der Waals surface area contributed by atoms with E-state index in [1.165, 1.54) is 0 Å². The van der Waals surface area contributed by atoms with Gasteiger partial charge in [0.05, 0.1) is 0 Å². The molecule has 2 N–H and O–H groups in total. The minimum atomic E-state index is -2.39. The second-order valence-corrected chi connectivity index (χ2v) is 3.85. The van der Waals surface area contributed by atoms with Gasteiger partial charge >= 0.3 is 0 Å². The van der Waals surface area contributed by atoms with Crippen LogP contribution in [0.3, 0.4) is 0 Å². The first-order valence-electron chi connectivity index (χ1n) is 4.20. The van der Waals surface area contributed by atoms with Crippen molar-refractivity contribution in [3.05, 3.63) is 0 Å². The Balaban J connectivity index is 0.000000720. The Hall–Kier alpha value is 0.110. The first kappa shape index (κ1) is 10.2. The van der Waals surface area contributed by atoms with E-state index in [1.54, 1.807) is 0 Å². The molecule has 2 fully saturated rings. The lowest BCUT2D eigenvalue weighted by Gasteiger charge is -2.60. The van der Waals surface area contributed by atoms with E-state index in [0.717, 1.165) is 6.42 Å². The van der Waals surface area contributed by atoms with E-state index in [4.69, 9.17) is 5.73 Å². The van der Waals surface area contributed by atoms with Gasteiger partial charge in [-0.05, 0) is 25.3 Å². The zero-order valence-corrected chi connectivity index (χ0v) is 7.67. The molecule has 0 aliphatic heterocycles. The van der Waals surface area contributed by atoms with Gasteiger partial charge in [0, 0.05) is 11.8 Å². The van der Waals surface area contributed by atoms with E-state index in [9.17, 15) is 8.78 Å². The number of alkyl halides is 2. The second-order valence-electron chi connectivity index (χ2n) is 3.85. The van der Waals surface area contributed by atoms with E-state index < -0.39 is 11.3 Å². The van der Waals surface area contributed by atoms with Crippen molar-refractivity contribution in [1.29, 1.82) is 0 Å². The minimum Gasteiger partial charge on any atom is -0.330 e. The van der Waals surface area contributed by atoms with Gasteiger partial charge < -0.3 is 5.73 Å². The van der Waals surface area contributed by atoms with Crippen LogP contribution in [-0.2, 0) is 0 Å². The smallest absolute Gasteiger partial charge is 0.254 e. The summed E-state index contributed by atoms with van der Waals surface area (Å²) >= 11 is 0. The van der Waals surface area contributed by atoms with Crippen molar-refractivity contribution < 1.29 is 8.78 Å². The Morgan fingerprint density at radius 2 is 1.92 bits per heavy atom. The SMILES string of the molecule is Cl.NCC1CC(F)(F)C12CCC2. The van der Waals surface area contributed by atoms with Gasteiger partial charge in [0.2, 0.25) is 0 Å². The van der Waals surface area contributed by atoms with Gasteiger partial charge in [-0.25, -0.2) is 8.78 Å². The number of halogens is 3. The molecule has 0 aromatic heterocycles. The van der Waals surface area contributed by atoms with Crippen molar-refractivity contribution in [2.45, 2.75) is 31.6 Å². The van der Waals surface area contributed by atoms with E-state index in [0.29, 0.717) is 19.4 Å². The lowest BCUT2D eigenvalue weighted by Crippen LogP contribution is -2.64.